The van der Waals surface area contributed by atoms with Crippen LogP contribution in [0.4, 0.5) is 0 Å². The molecule has 0 radical (unpaired) electrons. The SMILES string of the molecule is CO[C@H]1CN[C@@H](C(=O)NC(C)C)C1. The predicted octanol–water partition coefficient (Wildman–Crippen LogP) is -0.112. The molecule has 1 rings (SSSR count). The highest BCUT2D eigenvalue weighted by Gasteiger charge is 2.29. The van der Waals surface area contributed by atoms with Crippen molar-refractivity contribution in [2.24, 2.45) is 0 Å². The van der Waals surface area contributed by atoms with Crippen LogP contribution in [-0.4, -0.2) is 37.7 Å². The highest BCUT2D eigenvalue weighted by molar-refractivity contribution is 5.82. The maximum atomic E-state index is 11.5. The van der Waals surface area contributed by atoms with Crippen molar-refractivity contribution in [2.45, 2.75) is 38.5 Å². The van der Waals surface area contributed by atoms with E-state index in [1.165, 1.54) is 0 Å². The quantitative estimate of drug-likeness (QED) is 0.646. The average Bonchev–Trinajstić information content (AvgIpc) is 2.50. The molecule has 0 unspecified atom stereocenters. The van der Waals surface area contributed by atoms with E-state index in [1.54, 1.807) is 7.11 Å². The van der Waals surface area contributed by atoms with Crippen molar-refractivity contribution in [2.75, 3.05) is 13.7 Å². The van der Waals surface area contributed by atoms with E-state index in [1.807, 2.05) is 13.8 Å². The summed E-state index contributed by atoms with van der Waals surface area (Å²) < 4.78 is 5.15. The number of amides is 1. The van der Waals surface area contributed by atoms with Crippen molar-refractivity contribution in [3.05, 3.63) is 0 Å². The van der Waals surface area contributed by atoms with Crippen LogP contribution in [0.15, 0.2) is 0 Å². The second-order valence-electron chi connectivity index (χ2n) is 3.72. The molecule has 76 valence electrons. The van der Waals surface area contributed by atoms with Gasteiger partial charge in [-0.15, -0.1) is 0 Å². The average molecular weight is 186 g/mol. The minimum atomic E-state index is -0.0765. The first kappa shape index (κ1) is 10.5. The second-order valence-corrected chi connectivity index (χ2v) is 3.72. The zero-order chi connectivity index (χ0) is 9.84. The number of nitrogens with one attached hydrogen (secondary N) is 2. The third-order valence-electron chi connectivity index (χ3n) is 2.17. The lowest BCUT2D eigenvalue weighted by Gasteiger charge is -2.13. The van der Waals surface area contributed by atoms with Crippen LogP contribution >= 0.6 is 0 Å². The van der Waals surface area contributed by atoms with Gasteiger partial charge < -0.3 is 15.4 Å². The Labute approximate surface area is 79.0 Å². The first-order valence-electron chi connectivity index (χ1n) is 4.70. The summed E-state index contributed by atoms with van der Waals surface area (Å²) in [4.78, 5) is 11.5. The van der Waals surface area contributed by atoms with E-state index in [0.717, 1.165) is 13.0 Å². The highest BCUT2D eigenvalue weighted by Crippen LogP contribution is 2.09. The summed E-state index contributed by atoms with van der Waals surface area (Å²) in [6, 6.07) is 0.128. The van der Waals surface area contributed by atoms with E-state index >= 15 is 0 Å². The summed E-state index contributed by atoms with van der Waals surface area (Å²) in [6.07, 6.45) is 0.956. The van der Waals surface area contributed by atoms with Gasteiger partial charge >= 0.3 is 0 Å². The van der Waals surface area contributed by atoms with Gasteiger partial charge in [-0.25, -0.2) is 0 Å². The zero-order valence-electron chi connectivity index (χ0n) is 8.46. The molecular weight excluding hydrogens is 168 g/mol. The number of rotatable bonds is 3. The summed E-state index contributed by atoms with van der Waals surface area (Å²) in [6.45, 7) is 4.69. The second kappa shape index (κ2) is 4.58. The van der Waals surface area contributed by atoms with Gasteiger partial charge in [0.05, 0.1) is 12.1 Å². The summed E-state index contributed by atoms with van der Waals surface area (Å²) in [7, 11) is 1.68. The fourth-order valence-electron chi connectivity index (χ4n) is 1.47. The maximum absolute atomic E-state index is 11.5. The Kier molecular flexibility index (Phi) is 3.69. The summed E-state index contributed by atoms with van der Waals surface area (Å²) >= 11 is 0. The van der Waals surface area contributed by atoms with E-state index in [2.05, 4.69) is 10.6 Å². The molecule has 4 nitrogen and oxygen atoms in total. The van der Waals surface area contributed by atoms with E-state index in [9.17, 15) is 4.79 Å². The molecule has 1 aliphatic heterocycles. The highest BCUT2D eigenvalue weighted by atomic mass is 16.5. The van der Waals surface area contributed by atoms with Crippen molar-refractivity contribution >= 4 is 5.91 Å². The van der Waals surface area contributed by atoms with Crippen LogP contribution in [0.3, 0.4) is 0 Å². The van der Waals surface area contributed by atoms with Gasteiger partial charge in [-0.05, 0) is 20.3 Å². The zero-order valence-corrected chi connectivity index (χ0v) is 8.46. The van der Waals surface area contributed by atoms with E-state index in [-0.39, 0.29) is 24.1 Å². The monoisotopic (exact) mass is 186 g/mol. The van der Waals surface area contributed by atoms with Crippen LogP contribution in [-0.2, 0) is 9.53 Å². The lowest BCUT2D eigenvalue weighted by atomic mass is 10.2. The third kappa shape index (κ3) is 2.97. The Bertz CT molecular complexity index is 182. The predicted molar refractivity (Wildman–Crippen MR) is 50.5 cm³/mol. The Morgan fingerprint density at radius 2 is 2.31 bits per heavy atom. The maximum Gasteiger partial charge on any atom is 0.237 e. The number of methoxy groups -OCH3 is 1. The minimum Gasteiger partial charge on any atom is -0.380 e. The van der Waals surface area contributed by atoms with Gasteiger partial charge in [0.25, 0.3) is 0 Å². The normalized spacial score (nSPS) is 28.0. The molecule has 1 amide bonds. The minimum absolute atomic E-state index is 0.0765. The summed E-state index contributed by atoms with van der Waals surface area (Å²) in [5, 5.41) is 6.00. The molecule has 1 heterocycles. The lowest BCUT2D eigenvalue weighted by molar-refractivity contribution is -0.123. The number of carbonyl (C=O) groups is 1. The van der Waals surface area contributed by atoms with Crippen molar-refractivity contribution in [3.63, 3.8) is 0 Å². The molecule has 0 spiro atoms. The first-order chi connectivity index (χ1) is 6.13. The topological polar surface area (TPSA) is 50.4 Å². The lowest BCUT2D eigenvalue weighted by Crippen LogP contribution is -2.43. The van der Waals surface area contributed by atoms with Crippen molar-refractivity contribution in [3.8, 4) is 0 Å². The molecule has 0 aliphatic carbocycles. The van der Waals surface area contributed by atoms with Gasteiger partial charge in [-0.1, -0.05) is 0 Å². The number of hydrogen-bond donors (Lipinski definition) is 2. The molecule has 0 bridgehead atoms. The molecule has 0 saturated carbocycles. The smallest absolute Gasteiger partial charge is 0.237 e. The van der Waals surface area contributed by atoms with Crippen LogP contribution in [0.25, 0.3) is 0 Å². The van der Waals surface area contributed by atoms with Gasteiger partial charge in [-0.3, -0.25) is 4.79 Å². The van der Waals surface area contributed by atoms with E-state index in [4.69, 9.17) is 4.74 Å². The number of ether oxygens (including phenoxy) is 1. The van der Waals surface area contributed by atoms with Crippen LogP contribution < -0.4 is 10.6 Å². The first-order valence-corrected chi connectivity index (χ1v) is 4.70. The summed E-state index contributed by atoms with van der Waals surface area (Å²) in [5.41, 5.74) is 0. The van der Waals surface area contributed by atoms with Gasteiger partial charge in [0.1, 0.15) is 0 Å². The third-order valence-corrected chi connectivity index (χ3v) is 2.17. The van der Waals surface area contributed by atoms with Gasteiger partial charge in [0, 0.05) is 19.7 Å². The molecule has 1 fully saturated rings. The Balaban J connectivity index is 2.33. The standard InChI is InChI=1S/C9H18N2O2/c1-6(2)11-9(12)8-4-7(13-3)5-10-8/h6-8,10H,4-5H2,1-3H3,(H,11,12)/t7-,8-/m1/s1. The number of carbonyl (C=O) groups excluding carboxylic acids is 1. The molecule has 4 heteroatoms. The van der Waals surface area contributed by atoms with Crippen LogP contribution in [0, 0.1) is 0 Å². The molecule has 1 saturated heterocycles. The Morgan fingerprint density at radius 3 is 2.77 bits per heavy atom. The van der Waals surface area contributed by atoms with Crippen molar-refractivity contribution < 1.29 is 9.53 Å². The Morgan fingerprint density at radius 1 is 1.62 bits per heavy atom. The summed E-state index contributed by atoms with van der Waals surface area (Å²) in [5.74, 6) is 0.0783. The van der Waals surface area contributed by atoms with Gasteiger partial charge in [-0.2, -0.15) is 0 Å². The van der Waals surface area contributed by atoms with Gasteiger partial charge in [0.2, 0.25) is 5.91 Å². The molecule has 0 aromatic rings. The van der Waals surface area contributed by atoms with E-state index in [0.29, 0.717) is 0 Å². The molecule has 0 aromatic carbocycles. The Hall–Kier alpha value is -0.610. The largest absolute Gasteiger partial charge is 0.380 e. The molecule has 2 N–H and O–H groups in total. The molecule has 0 aromatic heterocycles. The van der Waals surface area contributed by atoms with Crippen LogP contribution in [0.1, 0.15) is 20.3 Å². The van der Waals surface area contributed by atoms with E-state index < -0.39 is 0 Å². The fraction of sp³-hybridized carbons (Fsp3) is 0.889. The fourth-order valence-corrected chi connectivity index (χ4v) is 1.47. The molecule has 2 atom stereocenters. The molecule has 13 heavy (non-hydrogen) atoms. The van der Waals surface area contributed by atoms with Crippen molar-refractivity contribution in [1.29, 1.82) is 0 Å². The van der Waals surface area contributed by atoms with Gasteiger partial charge in [0.15, 0.2) is 0 Å². The van der Waals surface area contributed by atoms with Crippen LogP contribution in [0.5, 0.6) is 0 Å². The number of hydrogen-bond acceptors (Lipinski definition) is 3. The van der Waals surface area contributed by atoms with Crippen LogP contribution in [0.2, 0.25) is 0 Å². The molecule has 1 aliphatic rings. The molecular formula is C9H18N2O2. The van der Waals surface area contributed by atoms with Crippen molar-refractivity contribution in [1.82, 2.24) is 10.6 Å².